The van der Waals surface area contributed by atoms with Gasteiger partial charge in [0.25, 0.3) is 0 Å². The molecular weight excluding hydrogens is 202 g/mol. The van der Waals surface area contributed by atoms with Crippen molar-refractivity contribution in [3.05, 3.63) is 11.7 Å². The fraction of sp³-hybridized carbons (Fsp3) is 0.778. The zero-order valence-corrected chi connectivity index (χ0v) is 8.72. The SMILES string of the molecule is C1C[C@H](c2nc(CC3CC3)no2)N1.Cl. The summed E-state index contributed by atoms with van der Waals surface area (Å²) in [6, 6.07) is 0.334. The predicted octanol–water partition coefficient (Wildman–Crippen LogP) is 1.48. The average molecular weight is 216 g/mol. The molecule has 4 nitrogen and oxygen atoms in total. The number of nitrogens with zero attached hydrogens (tertiary/aromatic N) is 2. The van der Waals surface area contributed by atoms with Gasteiger partial charge in [0.05, 0.1) is 6.04 Å². The Labute approximate surface area is 88.9 Å². The van der Waals surface area contributed by atoms with E-state index in [2.05, 4.69) is 15.5 Å². The Bertz CT molecular complexity index is 307. The molecule has 1 saturated heterocycles. The Morgan fingerprint density at radius 3 is 2.71 bits per heavy atom. The van der Waals surface area contributed by atoms with Gasteiger partial charge in [0.1, 0.15) is 0 Å². The maximum Gasteiger partial charge on any atom is 0.243 e. The third-order valence-electron chi connectivity index (χ3n) is 2.77. The van der Waals surface area contributed by atoms with Crippen LogP contribution < -0.4 is 5.32 Å². The minimum Gasteiger partial charge on any atom is -0.338 e. The summed E-state index contributed by atoms with van der Waals surface area (Å²) in [5.41, 5.74) is 0. The van der Waals surface area contributed by atoms with E-state index in [9.17, 15) is 0 Å². The number of aromatic nitrogens is 2. The smallest absolute Gasteiger partial charge is 0.243 e. The molecule has 0 amide bonds. The van der Waals surface area contributed by atoms with Crippen molar-refractivity contribution in [3.8, 4) is 0 Å². The Hall–Kier alpha value is -0.610. The first kappa shape index (κ1) is 9.93. The first-order valence-corrected chi connectivity index (χ1v) is 4.97. The van der Waals surface area contributed by atoms with E-state index in [1.807, 2.05) is 0 Å². The molecule has 1 saturated carbocycles. The van der Waals surface area contributed by atoms with Crippen LogP contribution in [-0.2, 0) is 6.42 Å². The van der Waals surface area contributed by atoms with Crippen LogP contribution in [0.2, 0.25) is 0 Å². The molecule has 2 aliphatic rings. The highest BCUT2D eigenvalue weighted by Gasteiger charge is 2.27. The lowest BCUT2D eigenvalue weighted by atomic mass is 10.1. The van der Waals surface area contributed by atoms with Crippen LogP contribution in [0.3, 0.4) is 0 Å². The first-order valence-electron chi connectivity index (χ1n) is 4.97. The summed E-state index contributed by atoms with van der Waals surface area (Å²) in [7, 11) is 0. The van der Waals surface area contributed by atoms with E-state index < -0.39 is 0 Å². The van der Waals surface area contributed by atoms with Crippen LogP contribution in [0.5, 0.6) is 0 Å². The van der Waals surface area contributed by atoms with Gasteiger partial charge in [0, 0.05) is 6.42 Å². The van der Waals surface area contributed by atoms with Crippen LogP contribution in [0.4, 0.5) is 0 Å². The van der Waals surface area contributed by atoms with E-state index >= 15 is 0 Å². The molecule has 2 fully saturated rings. The van der Waals surface area contributed by atoms with E-state index in [0.717, 1.165) is 37.0 Å². The van der Waals surface area contributed by atoms with Gasteiger partial charge in [-0.25, -0.2) is 0 Å². The second-order valence-corrected chi connectivity index (χ2v) is 3.99. The molecule has 14 heavy (non-hydrogen) atoms. The van der Waals surface area contributed by atoms with E-state index in [4.69, 9.17) is 4.52 Å². The lowest BCUT2D eigenvalue weighted by Gasteiger charge is -2.23. The molecule has 1 aliphatic heterocycles. The molecule has 1 atom stereocenters. The molecule has 0 radical (unpaired) electrons. The second kappa shape index (κ2) is 3.87. The number of hydrogen-bond donors (Lipinski definition) is 1. The highest BCUT2D eigenvalue weighted by atomic mass is 35.5. The number of halogens is 1. The van der Waals surface area contributed by atoms with Gasteiger partial charge in [0.15, 0.2) is 5.82 Å². The molecule has 5 heteroatoms. The van der Waals surface area contributed by atoms with Crippen LogP contribution in [-0.4, -0.2) is 16.7 Å². The summed E-state index contributed by atoms with van der Waals surface area (Å²) < 4.78 is 5.17. The number of hydrogen-bond acceptors (Lipinski definition) is 4. The topological polar surface area (TPSA) is 51.0 Å². The van der Waals surface area contributed by atoms with Crippen molar-refractivity contribution in [1.82, 2.24) is 15.5 Å². The molecule has 1 aromatic rings. The number of rotatable bonds is 3. The first-order chi connectivity index (χ1) is 6.42. The molecule has 1 N–H and O–H groups in total. The van der Waals surface area contributed by atoms with Gasteiger partial charge in [-0.2, -0.15) is 4.98 Å². The lowest BCUT2D eigenvalue weighted by Crippen LogP contribution is -2.35. The average Bonchev–Trinajstić information content (AvgIpc) is 2.69. The Kier molecular flexibility index (Phi) is 2.74. The van der Waals surface area contributed by atoms with Gasteiger partial charge in [-0.3, -0.25) is 0 Å². The van der Waals surface area contributed by atoms with Gasteiger partial charge in [-0.15, -0.1) is 12.4 Å². The van der Waals surface area contributed by atoms with Crippen LogP contribution >= 0.6 is 12.4 Å². The summed E-state index contributed by atoms with van der Waals surface area (Å²) in [4.78, 5) is 4.37. The third-order valence-corrected chi connectivity index (χ3v) is 2.77. The van der Waals surface area contributed by atoms with Crippen molar-refractivity contribution < 1.29 is 4.52 Å². The molecule has 1 aliphatic carbocycles. The molecular formula is C9H14ClN3O. The highest BCUT2D eigenvalue weighted by Crippen LogP contribution is 2.32. The standard InChI is InChI=1S/C9H13N3O.ClH/c1-2-6(1)5-8-11-9(13-12-8)7-3-4-10-7;/h6-7,10H,1-5H2;1H/t7-;/m1./s1. The van der Waals surface area contributed by atoms with Gasteiger partial charge < -0.3 is 9.84 Å². The van der Waals surface area contributed by atoms with E-state index in [1.165, 1.54) is 12.8 Å². The lowest BCUT2D eigenvalue weighted by molar-refractivity contribution is 0.272. The van der Waals surface area contributed by atoms with Crippen molar-refractivity contribution >= 4 is 12.4 Å². The third kappa shape index (κ3) is 1.91. The fourth-order valence-corrected chi connectivity index (χ4v) is 1.57. The minimum atomic E-state index is 0. The Balaban J connectivity index is 0.000000750. The van der Waals surface area contributed by atoms with Crippen molar-refractivity contribution in [2.75, 3.05) is 6.54 Å². The maximum atomic E-state index is 5.17. The molecule has 3 rings (SSSR count). The molecule has 0 aromatic carbocycles. The molecule has 2 heterocycles. The van der Waals surface area contributed by atoms with E-state index in [0.29, 0.717) is 6.04 Å². The summed E-state index contributed by atoms with van der Waals surface area (Å²) in [6.45, 7) is 1.07. The predicted molar refractivity (Wildman–Crippen MR) is 53.3 cm³/mol. The quantitative estimate of drug-likeness (QED) is 0.830. The Morgan fingerprint density at radius 1 is 1.36 bits per heavy atom. The van der Waals surface area contributed by atoms with Crippen LogP contribution in [0.1, 0.15) is 37.0 Å². The van der Waals surface area contributed by atoms with Crippen LogP contribution in [0.15, 0.2) is 4.52 Å². The van der Waals surface area contributed by atoms with Crippen LogP contribution in [0, 0.1) is 5.92 Å². The zero-order chi connectivity index (χ0) is 8.67. The summed E-state index contributed by atoms with van der Waals surface area (Å²) in [5.74, 6) is 2.51. The summed E-state index contributed by atoms with van der Waals surface area (Å²) >= 11 is 0. The van der Waals surface area contributed by atoms with Gasteiger partial charge in [-0.1, -0.05) is 5.16 Å². The largest absolute Gasteiger partial charge is 0.338 e. The van der Waals surface area contributed by atoms with Crippen molar-refractivity contribution in [1.29, 1.82) is 0 Å². The van der Waals surface area contributed by atoms with Crippen LogP contribution in [0.25, 0.3) is 0 Å². The highest BCUT2D eigenvalue weighted by molar-refractivity contribution is 5.85. The molecule has 0 bridgehead atoms. The maximum absolute atomic E-state index is 5.17. The monoisotopic (exact) mass is 215 g/mol. The zero-order valence-electron chi connectivity index (χ0n) is 7.90. The molecule has 0 unspecified atom stereocenters. The van der Waals surface area contributed by atoms with Crippen molar-refractivity contribution in [2.45, 2.75) is 31.7 Å². The Morgan fingerprint density at radius 2 is 2.14 bits per heavy atom. The molecule has 78 valence electrons. The van der Waals surface area contributed by atoms with Gasteiger partial charge in [-0.05, 0) is 31.7 Å². The van der Waals surface area contributed by atoms with E-state index in [-0.39, 0.29) is 12.4 Å². The van der Waals surface area contributed by atoms with E-state index in [1.54, 1.807) is 0 Å². The van der Waals surface area contributed by atoms with Gasteiger partial charge >= 0.3 is 0 Å². The molecule has 0 spiro atoms. The fourth-order valence-electron chi connectivity index (χ4n) is 1.57. The van der Waals surface area contributed by atoms with Crippen molar-refractivity contribution in [2.24, 2.45) is 5.92 Å². The summed E-state index contributed by atoms with van der Waals surface area (Å²) in [5, 5.41) is 7.22. The number of nitrogens with one attached hydrogen (secondary N) is 1. The molecule has 1 aromatic heterocycles. The summed E-state index contributed by atoms with van der Waals surface area (Å²) in [6.07, 6.45) is 4.82. The van der Waals surface area contributed by atoms with Gasteiger partial charge in [0.2, 0.25) is 5.89 Å². The normalized spacial score (nSPS) is 25.3. The minimum absolute atomic E-state index is 0. The second-order valence-electron chi connectivity index (χ2n) is 3.99. The van der Waals surface area contributed by atoms with Crippen molar-refractivity contribution in [3.63, 3.8) is 0 Å².